The molecule has 2 heterocycles. The number of phenols is 1. The molecule has 0 radical (unpaired) electrons. The van der Waals surface area contributed by atoms with Gasteiger partial charge >= 0.3 is 0 Å². The number of carbonyl (C=O) groups excluding carboxylic acids is 1. The van der Waals surface area contributed by atoms with Gasteiger partial charge in [0.05, 0.1) is 28.2 Å². The second-order valence-corrected chi connectivity index (χ2v) is 12.1. The molecule has 8 nitrogen and oxygen atoms in total. The standard InChI is InChI=1S/C32H29N3O5/c33-15-19-7-9-23(21-4-2-1-3-20(19)21)34-30(38)22-14-32(39)25-13-18-8-10-24(36)28-26(18)31(32,29(40-28)27(22)37)11-12-35(25)16-17-5-6-17/h1-4,7-10,17,25,29,36-37,39H,5-6,11-14,16H2,(H,34,38)/t25-,29+,31+,32-/m1/s1. The van der Waals surface area contributed by atoms with Crippen LogP contribution in [0.4, 0.5) is 5.69 Å². The van der Waals surface area contributed by atoms with Crippen molar-refractivity contribution in [3.05, 3.63) is 76.6 Å². The van der Waals surface area contributed by atoms with Crippen molar-refractivity contribution in [1.29, 1.82) is 5.26 Å². The lowest BCUT2D eigenvalue weighted by Gasteiger charge is -2.62. The van der Waals surface area contributed by atoms with Crippen LogP contribution in [0.2, 0.25) is 0 Å². The fraction of sp³-hybridized carbons (Fsp3) is 0.375. The van der Waals surface area contributed by atoms with Crippen molar-refractivity contribution in [3.63, 3.8) is 0 Å². The first-order chi connectivity index (χ1) is 19.4. The normalized spacial score (nSPS) is 30.0. The molecule has 0 aromatic heterocycles. The SMILES string of the molecule is N#Cc1ccc(NC(=O)C2=C(O)[C@@H]3Oc4c(O)ccc5c4[C@@]34CCN(CC3CC3)[C@H](C5)[C@]4(O)C2)c2ccccc12. The molecular weight excluding hydrogens is 506 g/mol. The number of piperidine rings is 1. The first-order valence-electron chi connectivity index (χ1n) is 14.0. The third kappa shape index (κ3) is 2.94. The van der Waals surface area contributed by atoms with Gasteiger partial charge in [-0.1, -0.05) is 30.3 Å². The van der Waals surface area contributed by atoms with Gasteiger partial charge in [-0.25, -0.2) is 0 Å². The van der Waals surface area contributed by atoms with E-state index in [0.717, 1.165) is 29.6 Å². The van der Waals surface area contributed by atoms with Crippen LogP contribution in [0.15, 0.2) is 59.9 Å². The molecule has 40 heavy (non-hydrogen) atoms. The topological polar surface area (TPSA) is 126 Å². The molecule has 4 N–H and O–H groups in total. The average Bonchev–Trinajstić information content (AvgIpc) is 3.70. The van der Waals surface area contributed by atoms with E-state index < -0.39 is 23.0 Å². The third-order valence-corrected chi connectivity index (χ3v) is 10.1. The molecule has 1 saturated carbocycles. The van der Waals surface area contributed by atoms with Gasteiger partial charge in [-0.2, -0.15) is 5.26 Å². The summed E-state index contributed by atoms with van der Waals surface area (Å²) in [4.78, 5) is 16.3. The predicted octanol–water partition coefficient (Wildman–Crippen LogP) is 4.04. The molecule has 2 aliphatic heterocycles. The van der Waals surface area contributed by atoms with Crippen LogP contribution in [-0.4, -0.2) is 57.0 Å². The second kappa shape index (κ2) is 8.00. The molecule has 5 aliphatic rings. The van der Waals surface area contributed by atoms with Crippen molar-refractivity contribution in [2.45, 2.75) is 55.3 Å². The highest BCUT2D eigenvalue weighted by Crippen LogP contribution is 2.66. The van der Waals surface area contributed by atoms with Crippen molar-refractivity contribution in [2.75, 3.05) is 18.4 Å². The van der Waals surface area contributed by atoms with Crippen molar-refractivity contribution in [2.24, 2.45) is 5.92 Å². The molecule has 202 valence electrons. The lowest BCUT2D eigenvalue weighted by Crippen LogP contribution is -2.75. The van der Waals surface area contributed by atoms with Gasteiger partial charge in [-0.3, -0.25) is 9.69 Å². The summed E-state index contributed by atoms with van der Waals surface area (Å²) in [6.07, 6.45) is 2.52. The Hall–Kier alpha value is -4.06. The highest BCUT2D eigenvalue weighted by atomic mass is 16.5. The number of nitrogens with zero attached hydrogens (tertiary/aromatic N) is 2. The summed E-state index contributed by atoms with van der Waals surface area (Å²) in [6.45, 7) is 1.66. The number of aromatic hydroxyl groups is 1. The van der Waals surface area contributed by atoms with Gasteiger partial charge in [0.25, 0.3) is 5.91 Å². The molecule has 1 spiro atoms. The van der Waals surface area contributed by atoms with E-state index in [0.29, 0.717) is 41.1 Å². The Labute approximate surface area is 231 Å². The first-order valence-corrected chi connectivity index (χ1v) is 14.0. The van der Waals surface area contributed by atoms with Gasteiger partial charge in [0.2, 0.25) is 0 Å². The minimum Gasteiger partial charge on any atom is -0.508 e. The van der Waals surface area contributed by atoms with Gasteiger partial charge in [-0.15, -0.1) is 0 Å². The number of likely N-dealkylation sites (tertiary alicyclic amines) is 1. The number of carbonyl (C=O) groups is 1. The molecular formula is C32H29N3O5. The van der Waals surface area contributed by atoms with E-state index in [9.17, 15) is 25.4 Å². The summed E-state index contributed by atoms with van der Waals surface area (Å²) < 4.78 is 6.29. The van der Waals surface area contributed by atoms with E-state index >= 15 is 0 Å². The second-order valence-electron chi connectivity index (χ2n) is 12.1. The molecule has 1 amide bonds. The number of aliphatic hydroxyl groups is 2. The zero-order valence-electron chi connectivity index (χ0n) is 21.9. The molecule has 8 rings (SSSR count). The van der Waals surface area contributed by atoms with E-state index in [1.54, 1.807) is 18.2 Å². The molecule has 3 aliphatic carbocycles. The first kappa shape index (κ1) is 23.8. The summed E-state index contributed by atoms with van der Waals surface area (Å²) in [7, 11) is 0. The molecule has 3 aromatic rings. The maximum atomic E-state index is 13.9. The summed E-state index contributed by atoms with van der Waals surface area (Å²) in [5.74, 6) is 0.202. The number of aliphatic hydroxyl groups excluding tert-OH is 1. The van der Waals surface area contributed by atoms with Crippen molar-refractivity contribution in [1.82, 2.24) is 4.90 Å². The lowest BCUT2D eigenvalue weighted by molar-refractivity contribution is -0.172. The number of amides is 1. The minimum atomic E-state index is -1.37. The van der Waals surface area contributed by atoms with Crippen molar-refractivity contribution >= 4 is 22.4 Å². The molecule has 0 unspecified atom stereocenters. The number of hydrogen-bond donors (Lipinski definition) is 4. The number of ether oxygens (including phenoxy) is 1. The Kier molecular flexibility index (Phi) is 4.76. The fourth-order valence-electron chi connectivity index (χ4n) is 8.07. The Morgan fingerprint density at radius 3 is 2.70 bits per heavy atom. The third-order valence-electron chi connectivity index (χ3n) is 10.1. The predicted molar refractivity (Wildman–Crippen MR) is 147 cm³/mol. The Morgan fingerprint density at radius 1 is 1.12 bits per heavy atom. The number of nitrogens with one attached hydrogen (secondary N) is 1. The number of anilines is 1. The van der Waals surface area contributed by atoms with Crippen molar-refractivity contribution in [3.8, 4) is 17.6 Å². The molecule has 4 atom stereocenters. The molecule has 2 bridgehead atoms. The van der Waals surface area contributed by atoms with Gasteiger partial charge in [0.15, 0.2) is 17.6 Å². The van der Waals surface area contributed by atoms with Crippen LogP contribution < -0.4 is 10.1 Å². The highest BCUT2D eigenvalue weighted by Gasteiger charge is 2.73. The van der Waals surface area contributed by atoms with Gasteiger partial charge in [0, 0.05) is 41.0 Å². The van der Waals surface area contributed by atoms with Crippen molar-refractivity contribution < 1.29 is 24.9 Å². The van der Waals surface area contributed by atoms with Crippen LogP contribution >= 0.6 is 0 Å². The average molecular weight is 536 g/mol. The monoisotopic (exact) mass is 535 g/mol. The van der Waals surface area contributed by atoms with Crippen LogP contribution in [0.3, 0.4) is 0 Å². The smallest absolute Gasteiger partial charge is 0.255 e. The van der Waals surface area contributed by atoms with E-state index in [1.165, 1.54) is 12.8 Å². The largest absolute Gasteiger partial charge is 0.508 e. The maximum Gasteiger partial charge on any atom is 0.255 e. The lowest BCUT2D eigenvalue weighted by atomic mass is 9.49. The Morgan fingerprint density at radius 2 is 1.93 bits per heavy atom. The van der Waals surface area contributed by atoms with Gasteiger partial charge < -0.3 is 25.4 Å². The molecule has 1 saturated heterocycles. The van der Waals surface area contributed by atoms with E-state index in [2.05, 4.69) is 16.3 Å². The number of rotatable bonds is 4. The van der Waals surface area contributed by atoms with E-state index in [4.69, 9.17) is 4.74 Å². The van der Waals surface area contributed by atoms with E-state index in [1.807, 2.05) is 30.3 Å². The van der Waals surface area contributed by atoms with Crippen LogP contribution in [0.1, 0.15) is 42.4 Å². The van der Waals surface area contributed by atoms with Gasteiger partial charge in [0.1, 0.15) is 5.76 Å². The van der Waals surface area contributed by atoms with Crippen LogP contribution in [-0.2, 0) is 16.6 Å². The number of fused-ring (bicyclic) bond motifs is 1. The molecule has 8 heteroatoms. The maximum absolute atomic E-state index is 13.9. The van der Waals surface area contributed by atoms with Gasteiger partial charge in [-0.05, 0) is 61.9 Å². The zero-order valence-corrected chi connectivity index (χ0v) is 21.9. The Balaban J connectivity index is 1.24. The number of phenolic OH excluding ortho intramolecular Hbond substituents is 1. The van der Waals surface area contributed by atoms with E-state index in [-0.39, 0.29) is 29.5 Å². The quantitative estimate of drug-likeness (QED) is 0.397. The van der Waals surface area contributed by atoms with Crippen LogP contribution in [0.5, 0.6) is 11.5 Å². The van der Waals surface area contributed by atoms with Crippen LogP contribution in [0.25, 0.3) is 10.8 Å². The highest BCUT2D eigenvalue weighted by molar-refractivity contribution is 6.10. The summed E-state index contributed by atoms with van der Waals surface area (Å²) in [6, 6.07) is 16.2. The number of nitriles is 1. The molecule has 3 aromatic carbocycles. The number of hydrogen-bond acceptors (Lipinski definition) is 7. The minimum absolute atomic E-state index is 0.0217. The van der Waals surface area contributed by atoms with Crippen LogP contribution in [0, 0.1) is 17.2 Å². The fourth-order valence-corrected chi connectivity index (χ4v) is 8.07. The summed E-state index contributed by atoms with van der Waals surface area (Å²) in [5, 5.41) is 49.1. The summed E-state index contributed by atoms with van der Waals surface area (Å²) in [5.41, 5.74) is 0.592. The molecule has 2 fully saturated rings. The Bertz CT molecular complexity index is 1700. The summed E-state index contributed by atoms with van der Waals surface area (Å²) >= 11 is 0. The number of benzene rings is 3. The zero-order chi connectivity index (χ0) is 27.4.